The maximum atomic E-state index is 12.7. The Morgan fingerprint density at radius 2 is 2.00 bits per heavy atom. The van der Waals surface area contributed by atoms with Crippen molar-refractivity contribution in [3.05, 3.63) is 0 Å². The number of nitrogens with zero attached hydrogens (tertiary/aromatic N) is 1. The van der Waals surface area contributed by atoms with Gasteiger partial charge in [0.2, 0.25) is 5.91 Å². The quantitative estimate of drug-likeness (QED) is 0.713. The molecule has 0 unspecified atom stereocenters. The van der Waals surface area contributed by atoms with Crippen LogP contribution in [-0.4, -0.2) is 48.1 Å². The molecular weight excluding hydrogens is 280 g/mol. The van der Waals surface area contributed by atoms with Crippen molar-refractivity contribution < 1.29 is 9.59 Å². The summed E-state index contributed by atoms with van der Waals surface area (Å²) in [5.41, 5.74) is 5.16. The molecule has 1 aliphatic heterocycles. The molecule has 1 saturated heterocycles. The molecule has 1 heterocycles. The fourth-order valence-corrected chi connectivity index (χ4v) is 3.07. The molecule has 4 N–H and O–H groups in total. The van der Waals surface area contributed by atoms with Gasteiger partial charge in [0.25, 0.3) is 0 Å². The van der Waals surface area contributed by atoms with Gasteiger partial charge in [-0.2, -0.15) is 0 Å². The van der Waals surface area contributed by atoms with Crippen LogP contribution in [0.5, 0.6) is 0 Å². The number of carbonyl (C=O) groups excluding carboxylic acids is 2. The highest BCUT2D eigenvalue weighted by molar-refractivity contribution is 5.91. The molecule has 3 amide bonds. The fraction of sp³-hybridized carbons (Fsp3) is 0.846. The van der Waals surface area contributed by atoms with E-state index in [9.17, 15) is 9.59 Å². The first kappa shape index (κ1) is 17.0. The molecule has 7 heteroatoms. The van der Waals surface area contributed by atoms with Crippen molar-refractivity contribution in [1.29, 1.82) is 0 Å². The zero-order valence-electron chi connectivity index (χ0n) is 12.0. The molecule has 1 saturated carbocycles. The highest BCUT2D eigenvalue weighted by Crippen LogP contribution is 2.32. The zero-order valence-corrected chi connectivity index (χ0v) is 12.8. The molecule has 6 nitrogen and oxygen atoms in total. The SMILES string of the molecule is CCNC(=O)NC1(C(=O)N2CC[C@@H](N)C2)CCCC1.Cl. The van der Waals surface area contributed by atoms with Crippen molar-refractivity contribution in [3.63, 3.8) is 0 Å². The van der Waals surface area contributed by atoms with Gasteiger partial charge in [-0.15, -0.1) is 12.4 Å². The highest BCUT2D eigenvalue weighted by Gasteiger charge is 2.45. The summed E-state index contributed by atoms with van der Waals surface area (Å²) in [5, 5.41) is 5.61. The van der Waals surface area contributed by atoms with Gasteiger partial charge >= 0.3 is 6.03 Å². The first-order valence-corrected chi connectivity index (χ1v) is 7.18. The van der Waals surface area contributed by atoms with Crippen molar-refractivity contribution in [1.82, 2.24) is 15.5 Å². The number of amides is 3. The van der Waals surface area contributed by atoms with Gasteiger partial charge in [-0.05, 0) is 26.2 Å². The number of halogens is 1. The molecule has 0 bridgehead atoms. The summed E-state index contributed by atoms with van der Waals surface area (Å²) in [6, 6.07) is -0.173. The molecule has 0 aromatic carbocycles. The predicted molar refractivity (Wildman–Crippen MR) is 79.8 cm³/mol. The van der Waals surface area contributed by atoms with Crippen LogP contribution >= 0.6 is 12.4 Å². The Hall–Kier alpha value is -1.01. The Morgan fingerprint density at radius 3 is 2.50 bits per heavy atom. The summed E-state index contributed by atoms with van der Waals surface area (Å²) in [6.07, 6.45) is 4.28. The molecule has 2 aliphatic rings. The molecule has 1 atom stereocenters. The summed E-state index contributed by atoms with van der Waals surface area (Å²) in [6.45, 7) is 3.74. The van der Waals surface area contributed by atoms with Gasteiger partial charge in [0, 0.05) is 25.7 Å². The number of urea groups is 1. The maximum Gasteiger partial charge on any atom is 0.315 e. The predicted octanol–water partition coefficient (Wildman–Crippen LogP) is 0.600. The minimum Gasteiger partial charge on any atom is -0.339 e. The van der Waals surface area contributed by atoms with Crippen molar-refractivity contribution in [3.8, 4) is 0 Å². The van der Waals surface area contributed by atoms with Crippen LogP contribution in [0.2, 0.25) is 0 Å². The number of rotatable bonds is 3. The third kappa shape index (κ3) is 3.55. The second-order valence-corrected chi connectivity index (χ2v) is 5.57. The lowest BCUT2D eigenvalue weighted by Gasteiger charge is -2.33. The minimum absolute atomic E-state index is 0. The lowest BCUT2D eigenvalue weighted by atomic mass is 9.95. The summed E-state index contributed by atoms with van der Waals surface area (Å²) in [5.74, 6) is 0.0456. The van der Waals surface area contributed by atoms with E-state index in [-0.39, 0.29) is 30.4 Å². The van der Waals surface area contributed by atoms with Crippen molar-refractivity contribution >= 4 is 24.3 Å². The van der Waals surface area contributed by atoms with Crippen molar-refractivity contribution in [2.75, 3.05) is 19.6 Å². The highest BCUT2D eigenvalue weighted by atomic mass is 35.5. The van der Waals surface area contributed by atoms with E-state index in [2.05, 4.69) is 10.6 Å². The van der Waals surface area contributed by atoms with Gasteiger partial charge in [0.1, 0.15) is 5.54 Å². The number of carbonyl (C=O) groups is 2. The minimum atomic E-state index is -0.705. The van der Waals surface area contributed by atoms with Gasteiger partial charge in [-0.1, -0.05) is 12.8 Å². The maximum absolute atomic E-state index is 12.7. The standard InChI is InChI=1S/C13H24N4O2.ClH/c1-2-15-12(19)16-13(6-3-4-7-13)11(18)17-8-5-10(14)9-17;/h10H,2-9,14H2,1H3,(H2,15,16,19);1H/t10-;/m1./s1. The van der Waals surface area contributed by atoms with E-state index < -0.39 is 5.54 Å². The third-order valence-corrected chi connectivity index (χ3v) is 4.07. The number of nitrogens with one attached hydrogen (secondary N) is 2. The number of likely N-dealkylation sites (tertiary alicyclic amines) is 1. The average molecular weight is 305 g/mol. The Morgan fingerprint density at radius 1 is 1.35 bits per heavy atom. The summed E-state index contributed by atoms with van der Waals surface area (Å²) in [7, 11) is 0. The fourth-order valence-electron chi connectivity index (χ4n) is 3.07. The van der Waals surface area contributed by atoms with E-state index in [4.69, 9.17) is 5.73 Å². The van der Waals surface area contributed by atoms with Crippen LogP contribution < -0.4 is 16.4 Å². The average Bonchev–Trinajstić information content (AvgIpc) is 2.98. The first-order chi connectivity index (χ1) is 9.07. The van der Waals surface area contributed by atoms with Crippen LogP contribution in [0, 0.1) is 0 Å². The van der Waals surface area contributed by atoms with Crippen molar-refractivity contribution in [2.24, 2.45) is 5.73 Å². The van der Waals surface area contributed by atoms with Gasteiger partial charge in [-0.3, -0.25) is 4.79 Å². The van der Waals surface area contributed by atoms with E-state index in [1.807, 2.05) is 11.8 Å². The second kappa shape index (κ2) is 7.13. The van der Waals surface area contributed by atoms with Crippen LogP contribution in [0.4, 0.5) is 4.79 Å². The Bertz CT molecular complexity index is 358. The summed E-state index contributed by atoms with van der Waals surface area (Å²) < 4.78 is 0. The monoisotopic (exact) mass is 304 g/mol. The first-order valence-electron chi connectivity index (χ1n) is 7.18. The molecule has 2 rings (SSSR count). The van der Waals surface area contributed by atoms with Crippen LogP contribution in [0.3, 0.4) is 0 Å². The third-order valence-electron chi connectivity index (χ3n) is 4.07. The van der Waals surface area contributed by atoms with Crippen LogP contribution in [0.1, 0.15) is 39.0 Å². The van der Waals surface area contributed by atoms with E-state index in [0.717, 1.165) is 32.1 Å². The topological polar surface area (TPSA) is 87.5 Å². The molecular formula is C13H25ClN4O2. The van der Waals surface area contributed by atoms with Gasteiger partial charge in [0.05, 0.1) is 0 Å². The van der Waals surface area contributed by atoms with E-state index >= 15 is 0 Å². The Labute approximate surface area is 126 Å². The molecule has 2 fully saturated rings. The Balaban J connectivity index is 0.00000200. The van der Waals surface area contributed by atoms with Gasteiger partial charge in [-0.25, -0.2) is 4.79 Å². The zero-order chi connectivity index (χ0) is 13.9. The molecule has 0 aromatic heterocycles. The summed E-state index contributed by atoms with van der Waals surface area (Å²) >= 11 is 0. The molecule has 1 aliphatic carbocycles. The molecule has 20 heavy (non-hydrogen) atoms. The number of nitrogens with two attached hydrogens (primary N) is 1. The van der Waals surface area contributed by atoms with Crippen LogP contribution in [0.15, 0.2) is 0 Å². The van der Waals surface area contributed by atoms with Crippen LogP contribution in [0.25, 0.3) is 0 Å². The number of hydrogen-bond acceptors (Lipinski definition) is 3. The van der Waals surface area contributed by atoms with E-state index in [1.165, 1.54) is 0 Å². The van der Waals surface area contributed by atoms with Crippen LogP contribution in [-0.2, 0) is 4.79 Å². The van der Waals surface area contributed by atoms with Gasteiger partial charge in [0.15, 0.2) is 0 Å². The summed E-state index contributed by atoms with van der Waals surface area (Å²) in [4.78, 5) is 26.3. The number of hydrogen-bond donors (Lipinski definition) is 3. The Kier molecular flexibility index (Phi) is 6.07. The lowest BCUT2D eigenvalue weighted by Crippen LogP contribution is -2.59. The largest absolute Gasteiger partial charge is 0.339 e. The van der Waals surface area contributed by atoms with Crippen molar-refractivity contribution in [2.45, 2.75) is 50.6 Å². The van der Waals surface area contributed by atoms with E-state index in [0.29, 0.717) is 19.6 Å². The molecule has 116 valence electrons. The molecule has 0 spiro atoms. The van der Waals surface area contributed by atoms with Gasteiger partial charge < -0.3 is 21.3 Å². The molecule has 0 radical (unpaired) electrons. The smallest absolute Gasteiger partial charge is 0.315 e. The second-order valence-electron chi connectivity index (χ2n) is 5.57. The molecule has 0 aromatic rings. The normalized spacial score (nSPS) is 24.1. The van der Waals surface area contributed by atoms with E-state index in [1.54, 1.807) is 0 Å². The lowest BCUT2D eigenvalue weighted by molar-refractivity contribution is -0.136.